The molecule has 1 aromatic heterocycles. The number of carbonyl (C=O) groups is 1. The molecule has 6 nitrogen and oxygen atoms in total. The van der Waals surface area contributed by atoms with Gasteiger partial charge in [-0.25, -0.2) is 4.98 Å². The van der Waals surface area contributed by atoms with E-state index >= 15 is 0 Å². The zero-order chi connectivity index (χ0) is 13.0. The van der Waals surface area contributed by atoms with Crippen LogP contribution in [-0.4, -0.2) is 29.4 Å². The Bertz CT molecular complexity index is 454. The summed E-state index contributed by atoms with van der Waals surface area (Å²) in [4.78, 5) is 20.4. The fourth-order valence-electron chi connectivity index (χ4n) is 1.38. The highest BCUT2D eigenvalue weighted by molar-refractivity contribution is 7.09. The fourth-order valence-corrected chi connectivity index (χ4v) is 1.99. The molecule has 18 heavy (non-hydrogen) atoms. The van der Waals surface area contributed by atoms with Crippen LogP contribution in [0.2, 0.25) is 0 Å². The minimum atomic E-state index is -0.154. The monoisotopic (exact) mass is 268 g/mol. The van der Waals surface area contributed by atoms with E-state index in [0.717, 1.165) is 23.5 Å². The minimum absolute atomic E-state index is 0.0900. The topological polar surface area (TPSA) is 89.6 Å². The molecular formula is C11H16N4O2S. The molecule has 0 saturated heterocycles. The van der Waals surface area contributed by atoms with Crippen LogP contribution >= 0.6 is 11.3 Å². The van der Waals surface area contributed by atoms with Crippen molar-refractivity contribution in [3.63, 3.8) is 0 Å². The number of hydrogen-bond donors (Lipinski definition) is 2. The Kier molecular flexibility index (Phi) is 4.14. The van der Waals surface area contributed by atoms with Gasteiger partial charge >= 0.3 is 0 Å². The van der Waals surface area contributed by atoms with E-state index in [9.17, 15) is 4.79 Å². The number of nitrogens with zero attached hydrogens (tertiary/aromatic N) is 2. The summed E-state index contributed by atoms with van der Waals surface area (Å²) in [6, 6.07) is 0.334. The number of carbonyl (C=O) groups excluding carboxylic acids is 1. The SMILES string of the molecule is Cc1nc(C/C(N)=N/OCC(=O)NC2CC2)cs1. The molecule has 1 fully saturated rings. The van der Waals surface area contributed by atoms with Crippen LogP contribution in [0.1, 0.15) is 23.5 Å². The van der Waals surface area contributed by atoms with Crippen LogP contribution in [0.25, 0.3) is 0 Å². The van der Waals surface area contributed by atoms with Crippen molar-refractivity contribution < 1.29 is 9.63 Å². The van der Waals surface area contributed by atoms with Crippen molar-refractivity contribution in [1.29, 1.82) is 0 Å². The maximum Gasteiger partial charge on any atom is 0.260 e. The van der Waals surface area contributed by atoms with Gasteiger partial charge in [0.05, 0.1) is 17.1 Å². The van der Waals surface area contributed by atoms with Gasteiger partial charge in [-0.2, -0.15) is 0 Å². The summed E-state index contributed by atoms with van der Waals surface area (Å²) in [7, 11) is 0. The summed E-state index contributed by atoms with van der Waals surface area (Å²) < 4.78 is 0. The van der Waals surface area contributed by atoms with Crippen molar-refractivity contribution in [1.82, 2.24) is 10.3 Å². The van der Waals surface area contributed by atoms with E-state index in [0.29, 0.717) is 18.3 Å². The predicted octanol–water partition coefficient (Wildman–Crippen LogP) is 0.561. The van der Waals surface area contributed by atoms with E-state index in [1.165, 1.54) is 0 Å². The summed E-state index contributed by atoms with van der Waals surface area (Å²) in [6.07, 6.45) is 2.55. The quantitative estimate of drug-likeness (QED) is 0.448. The zero-order valence-corrected chi connectivity index (χ0v) is 11.0. The van der Waals surface area contributed by atoms with Gasteiger partial charge in [-0.15, -0.1) is 11.3 Å². The summed E-state index contributed by atoms with van der Waals surface area (Å²) >= 11 is 1.56. The molecule has 3 N–H and O–H groups in total. The molecule has 1 aliphatic rings. The molecule has 1 amide bonds. The van der Waals surface area contributed by atoms with Crippen LogP contribution in [-0.2, 0) is 16.1 Å². The summed E-state index contributed by atoms with van der Waals surface area (Å²) in [6.45, 7) is 1.84. The average molecular weight is 268 g/mol. The molecule has 0 aliphatic heterocycles. The van der Waals surface area contributed by atoms with E-state index in [2.05, 4.69) is 15.5 Å². The largest absolute Gasteiger partial charge is 0.384 e. The van der Waals surface area contributed by atoms with Gasteiger partial charge in [0.1, 0.15) is 5.84 Å². The second-order valence-electron chi connectivity index (χ2n) is 4.23. The summed E-state index contributed by atoms with van der Waals surface area (Å²) in [5, 5.41) is 9.41. The third kappa shape index (κ3) is 4.33. The van der Waals surface area contributed by atoms with Gasteiger partial charge in [0, 0.05) is 11.4 Å². The van der Waals surface area contributed by atoms with Crippen molar-refractivity contribution in [3.05, 3.63) is 16.1 Å². The lowest BCUT2D eigenvalue weighted by molar-refractivity contribution is -0.125. The first-order valence-corrected chi connectivity index (χ1v) is 6.66. The molecule has 98 valence electrons. The van der Waals surface area contributed by atoms with E-state index in [4.69, 9.17) is 10.6 Å². The number of thiazole rings is 1. The third-order valence-electron chi connectivity index (χ3n) is 2.35. The van der Waals surface area contributed by atoms with Crippen molar-refractivity contribution in [3.8, 4) is 0 Å². The maximum absolute atomic E-state index is 11.3. The molecule has 0 atom stereocenters. The number of aryl methyl sites for hydroxylation is 1. The lowest BCUT2D eigenvalue weighted by atomic mass is 10.3. The van der Waals surface area contributed by atoms with Crippen molar-refractivity contribution in [2.45, 2.75) is 32.2 Å². The van der Waals surface area contributed by atoms with Crippen LogP contribution in [0.15, 0.2) is 10.5 Å². The molecule has 0 aromatic carbocycles. The van der Waals surface area contributed by atoms with Crippen molar-refractivity contribution >= 4 is 23.1 Å². The van der Waals surface area contributed by atoms with Gasteiger partial charge < -0.3 is 15.9 Å². The Morgan fingerprint density at radius 2 is 2.50 bits per heavy atom. The lowest BCUT2D eigenvalue weighted by Gasteiger charge is -2.02. The Morgan fingerprint density at radius 1 is 1.72 bits per heavy atom. The lowest BCUT2D eigenvalue weighted by Crippen LogP contribution is -2.29. The highest BCUT2D eigenvalue weighted by Crippen LogP contribution is 2.18. The van der Waals surface area contributed by atoms with Gasteiger partial charge in [-0.1, -0.05) is 5.16 Å². The molecular weight excluding hydrogens is 252 g/mol. The Balaban J connectivity index is 1.69. The normalized spacial score (nSPS) is 15.5. The number of hydrogen-bond acceptors (Lipinski definition) is 5. The number of rotatable bonds is 6. The fraction of sp³-hybridized carbons (Fsp3) is 0.545. The Hall–Kier alpha value is -1.63. The highest BCUT2D eigenvalue weighted by atomic mass is 32.1. The van der Waals surface area contributed by atoms with Gasteiger partial charge in [-0.05, 0) is 19.8 Å². The van der Waals surface area contributed by atoms with Gasteiger partial charge in [-0.3, -0.25) is 4.79 Å². The molecule has 1 aromatic rings. The summed E-state index contributed by atoms with van der Waals surface area (Å²) in [5.41, 5.74) is 6.54. The smallest absolute Gasteiger partial charge is 0.260 e. The molecule has 0 radical (unpaired) electrons. The second-order valence-corrected chi connectivity index (χ2v) is 5.29. The molecule has 1 saturated carbocycles. The van der Waals surface area contributed by atoms with E-state index in [1.807, 2.05) is 12.3 Å². The first-order chi connectivity index (χ1) is 8.63. The number of amides is 1. The summed E-state index contributed by atoms with van der Waals surface area (Å²) in [5.74, 6) is 0.165. The molecule has 7 heteroatoms. The van der Waals surface area contributed by atoms with Gasteiger partial charge in [0.15, 0.2) is 6.61 Å². The van der Waals surface area contributed by atoms with Crippen LogP contribution in [0.3, 0.4) is 0 Å². The first kappa shape index (κ1) is 12.8. The Morgan fingerprint density at radius 3 is 3.11 bits per heavy atom. The van der Waals surface area contributed by atoms with Crippen LogP contribution < -0.4 is 11.1 Å². The highest BCUT2D eigenvalue weighted by Gasteiger charge is 2.23. The average Bonchev–Trinajstić information content (AvgIpc) is 3.01. The number of nitrogens with one attached hydrogen (secondary N) is 1. The number of oxime groups is 1. The second kappa shape index (κ2) is 5.81. The molecule has 1 aliphatic carbocycles. The number of amidine groups is 1. The van der Waals surface area contributed by atoms with Crippen LogP contribution in [0.4, 0.5) is 0 Å². The van der Waals surface area contributed by atoms with Crippen LogP contribution in [0.5, 0.6) is 0 Å². The molecule has 0 unspecified atom stereocenters. The van der Waals surface area contributed by atoms with Crippen LogP contribution in [0, 0.1) is 6.92 Å². The minimum Gasteiger partial charge on any atom is -0.384 e. The standard InChI is InChI=1S/C11H16N4O2S/c1-7-13-9(6-18-7)4-10(12)15-17-5-11(16)14-8-2-3-8/h6,8H,2-5H2,1H3,(H2,12,15)(H,14,16). The maximum atomic E-state index is 11.3. The van der Waals surface area contributed by atoms with E-state index in [-0.39, 0.29) is 12.5 Å². The Labute approximate surface area is 109 Å². The van der Waals surface area contributed by atoms with Gasteiger partial charge in [0.25, 0.3) is 5.91 Å². The number of aromatic nitrogens is 1. The van der Waals surface area contributed by atoms with Crippen molar-refractivity contribution in [2.75, 3.05) is 6.61 Å². The predicted molar refractivity (Wildman–Crippen MR) is 69.3 cm³/mol. The van der Waals surface area contributed by atoms with Crippen molar-refractivity contribution in [2.24, 2.45) is 10.9 Å². The molecule has 2 rings (SSSR count). The molecule has 0 bridgehead atoms. The number of nitrogens with two attached hydrogens (primary N) is 1. The zero-order valence-electron chi connectivity index (χ0n) is 10.2. The van der Waals surface area contributed by atoms with E-state index in [1.54, 1.807) is 11.3 Å². The third-order valence-corrected chi connectivity index (χ3v) is 3.17. The van der Waals surface area contributed by atoms with Gasteiger partial charge in [0.2, 0.25) is 0 Å². The first-order valence-electron chi connectivity index (χ1n) is 5.78. The molecule has 0 spiro atoms. The molecule has 1 heterocycles. The van der Waals surface area contributed by atoms with E-state index < -0.39 is 0 Å².